The SMILES string of the molecule is Cc1nc2ccccn2c1CCC(=O)n1cnc2ccccc21. The van der Waals surface area contributed by atoms with E-state index < -0.39 is 0 Å². The summed E-state index contributed by atoms with van der Waals surface area (Å²) in [6.07, 6.45) is 4.67. The normalized spacial score (nSPS) is 11.3. The summed E-state index contributed by atoms with van der Waals surface area (Å²) in [5.41, 5.74) is 4.66. The molecule has 0 aliphatic carbocycles. The molecule has 4 rings (SSSR count). The van der Waals surface area contributed by atoms with E-state index in [0.29, 0.717) is 12.8 Å². The molecule has 0 radical (unpaired) electrons. The monoisotopic (exact) mass is 304 g/mol. The second-order valence-electron chi connectivity index (χ2n) is 5.57. The van der Waals surface area contributed by atoms with Crippen molar-refractivity contribution in [3.05, 3.63) is 66.4 Å². The van der Waals surface area contributed by atoms with Gasteiger partial charge in [0.1, 0.15) is 12.0 Å². The first-order chi connectivity index (χ1) is 11.2. The highest BCUT2D eigenvalue weighted by Crippen LogP contribution is 2.16. The van der Waals surface area contributed by atoms with E-state index in [1.165, 1.54) is 0 Å². The summed E-state index contributed by atoms with van der Waals surface area (Å²) in [7, 11) is 0. The molecule has 4 aromatic rings. The van der Waals surface area contributed by atoms with E-state index in [0.717, 1.165) is 28.1 Å². The Bertz CT molecular complexity index is 1010. The number of aryl methyl sites for hydroxylation is 2. The second kappa shape index (κ2) is 5.35. The number of para-hydroxylation sites is 2. The number of hydrogen-bond acceptors (Lipinski definition) is 3. The van der Waals surface area contributed by atoms with Crippen molar-refractivity contribution in [1.29, 1.82) is 0 Å². The smallest absolute Gasteiger partial charge is 0.232 e. The molecule has 0 saturated carbocycles. The van der Waals surface area contributed by atoms with Crippen LogP contribution in [0.5, 0.6) is 0 Å². The Balaban J connectivity index is 1.61. The molecule has 23 heavy (non-hydrogen) atoms. The Morgan fingerprint density at radius 3 is 2.87 bits per heavy atom. The van der Waals surface area contributed by atoms with Crippen LogP contribution in [-0.4, -0.2) is 24.8 Å². The lowest BCUT2D eigenvalue weighted by atomic mass is 10.2. The summed E-state index contributed by atoms with van der Waals surface area (Å²) >= 11 is 0. The zero-order valence-electron chi connectivity index (χ0n) is 12.8. The second-order valence-corrected chi connectivity index (χ2v) is 5.57. The summed E-state index contributed by atoms with van der Waals surface area (Å²) in [5.74, 6) is 0.0454. The number of hydrogen-bond donors (Lipinski definition) is 0. The fraction of sp³-hybridized carbons (Fsp3) is 0.167. The number of fused-ring (bicyclic) bond motifs is 2. The molecule has 3 aromatic heterocycles. The Hall–Kier alpha value is -2.95. The van der Waals surface area contributed by atoms with Gasteiger partial charge >= 0.3 is 0 Å². The van der Waals surface area contributed by atoms with Gasteiger partial charge in [0.05, 0.1) is 16.7 Å². The highest BCUT2D eigenvalue weighted by Gasteiger charge is 2.13. The minimum absolute atomic E-state index is 0.0454. The molecule has 5 nitrogen and oxygen atoms in total. The van der Waals surface area contributed by atoms with Gasteiger partial charge < -0.3 is 4.40 Å². The molecule has 0 fully saturated rings. The third kappa shape index (κ3) is 2.30. The van der Waals surface area contributed by atoms with E-state index in [1.807, 2.05) is 55.6 Å². The van der Waals surface area contributed by atoms with Crippen molar-refractivity contribution < 1.29 is 4.79 Å². The van der Waals surface area contributed by atoms with E-state index in [9.17, 15) is 4.79 Å². The van der Waals surface area contributed by atoms with Crippen molar-refractivity contribution >= 4 is 22.6 Å². The standard InChI is InChI=1S/C18H16N4O/c1-13-15(21-11-5-4-8-17(21)20-13)9-10-18(23)22-12-19-14-6-2-3-7-16(14)22/h2-8,11-12H,9-10H2,1H3. The number of pyridine rings is 1. The molecule has 0 unspecified atom stereocenters. The summed E-state index contributed by atoms with van der Waals surface area (Å²) < 4.78 is 3.68. The minimum atomic E-state index is 0.0454. The van der Waals surface area contributed by atoms with Crippen LogP contribution in [-0.2, 0) is 6.42 Å². The highest BCUT2D eigenvalue weighted by molar-refractivity contribution is 5.90. The lowest BCUT2D eigenvalue weighted by molar-refractivity contribution is 0.0907. The molecular weight excluding hydrogens is 288 g/mol. The van der Waals surface area contributed by atoms with E-state index in [2.05, 4.69) is 14.4 Å². The van der Waals surface area contributed by atoms with Crippen LogP contribution in [0.1, 0.15) is 22.6 Å². The van der Waals surface area contributed by atoms with E-state index >= 15 is 0 Å². The van der Waals surface area contributed by atoms with Crippen LogP contribution < -0.4 is 0 Å². The number of imidazole rings is 2. The first kappa shape index (κ1) is 13.7. The number of nitrogens with zero attached hydrogens (tertiary/aromatic N) is 4. The average molecular weight is 304 g/mol. The van der Waals surface area contributed by atoms with Gasteiger partial charge in [-0.1, -0.05) is 18.2 Å². The minimum Gasteiger partial charge on any atom is -0.304 e. The lowest BCUT2D eigenvalue weighted by Crippen LogP contribution is -2.11. The highest BCUT2D eigenvalue weighted by atomic mass is 16.2. The molecule has 0 spiro atoms. The summed E-state index contributed by atoms with van der Waals surface area (Å²) in [6, 6.07) is 13.6. The van der Waals surface area contributed by atoms with Crippen molar-refractivity contribution in [3.8, 4) is 0 Å². The molecule has 114 valence electrons. The maximum Gasteiger partial charge on any atom is 0.232 e. The number of aromatic nitrogens is 4. The van der Waals surface area contributed by atoms with Crippen molar-refractivity contribution in [1.82, 2.24) is 18.9 Å². The predicted octanol–water partition coefficient (Wildman–Crippen LogP) is 3.27. The molecular formula is C18H16N4O. The molecule has 0 atom stereocenters. The van der Waals surface area contributed by atoms with Crippen LogP contribution in [0.25, 0.3) is 16.7 Å². The molecule has 0 saturated heterocycles. The third-order valence-electron chi connectivity index (χ3n) is 4.13. The first-order valence-electron chi connectivity index (χ1n) is 7.62. The third-order valence-corrected chi connectivity index (χ3v) is 4.13. The van der Waals surface area contributed by atoms with Gasteiger partial charge in [-0.3, -0.25) is 9.36 Å². The Morgan fingerprint density at radius 2 is 1.96 bits per heavy atom. The maximum absolute atomic E-state index is 12.6. The van der Waals surface area contributed by atoms with E-state index in [4.69, 9.17) is 0 Å². The average Bonchev–Trinajstić information content (AvgIpc) is 3.13. The largest absolute Gasteiger partial charge is 0.304 e. The fourth-order valence-electron chi connectivity index (χ4n) is 2.97. The maximum atomic E-state index is 12.6. The van der Waals surface area contributed by atoms with Crippen molar-refractivity contribution in [3.63, 3.8) is 0 Å². The molecule has 3 heterocycles. The number of benzene rings is 1. The summed E-state index contributed by atoms with van der Waals surface area (Å²) in [4.78, 5) is 21.4. The van der Waals surface area contributed by atoms with Gasteiger partial charge in [-0.25, -0.2) is 9.97 Å². The van der Waals surface area contributed by atoms with Gasteiger partial charge in [0.15, 0.2) is 0 Å². The first-order valence-corrected chi connectivity index (χ1v) is 7.62. The zero-order chi connectivity index (χ0) is 15.8. The van der Waals surface area contributed by atoms with Crippen molar-refractivity contribution in [2.45, 2.75) is 19.8 Å². The summed E-state index contributed by atoms with van der Waals surface area (Å²) in [5, 5.41) is 0. The number of carbonyl (C=O) groups excluding carboxylic acids is 1. The van der Waals surface area contributed by atoms with Crippen LogP contribution in [0.3, 0.4) is 0 Å². The van der Waals surface area contributed by atoms with Crippen molar-refractivity contribution in [2.24, 2.45) is 0 Å². The molecule has 0 amide bonds. The Morgan fingerprint density at radius 1 is 1.13 bits per heavy atom. The molecule has 0 aliphatic rings. The zero-order valence-corrected chi connectivity index (χ0v) is 12.8. The fourth-order valence-corrected chi connectivity index (χ4v) is 2.97. The van der Waals surface area contributed by atoms with Gasteiger partial charge in [-0.15, -0.1) is 0 Å². The Kier molecular flexibility index (Phi) is 3.19. The van der Waals surface area contributed by atoms with Gasteiger partial charge in [0.2, 0.25) is 5.91 Å². The lowest BCUT2D eigenvalue weighted by Gasteiger charge is -2.05. The molecule has 0 bridgehead atoms. The van der Waals surface area contributed by atoms with Gasteiger partial charge in [-0.05, 0) is 37.6 Å². The number of carbonyl (C=O) groups is 1. The molecule has 5 heteroatoms. The van der Waals surface area contributed by atoms with Crippen LogP contribution in [0.15, 0.2) is 55.0 Å². The van der Waals surface area contributed by atoms with E-state index in [1.54, 1.807) is 10.9 Å². The van der Waals surface area contributed by atoms with Crippen LogP contribution >= 0.6 is 0 Å². The Labute approximate surface area is 133 Å². The molecule has 1 aromatic carbocycles. The van der Waals surface area contributed by atoms with Gasteiger partial charge in [0, 0.05) is 18.3 Å². The summed E-state index contributed by atoms with van der Waals surface area (Å²) in [6.45, 7) is 1.99. The molecule has 0 N–H and O–H groups in total. The van der Waals surface area contributed by atoms with Crippen molar-refractivity contribution in [2.75, 3.05) is 0 Å². The van der Waals surface area contributed by atoms with Crippen LogP contribution in [0.4, 0.5) is 0 Å². The predicted molar refractivity (Wildman–Crippen MR) is 88.6 cm³/mol. The molecule has 0 aliphatic heterocycles. The van der Waals surface area contributed by atoms with Crippen LogP contribution in [0.2, 0.25) is 0 Å². The topological polar surface area (TPSA) is 52.2 Å². The van der Waals surface area contributed by atoms with E-state index in [-0.39, 0.29) is 5.91 Å². The van der Waals surface area contributed by atoms with Gasteiger partial charge in [-0.2, -0.15) is 0 Å². The quantitative estimate of drug-likeness (QED) is 0.584. The number of rotatable bonds is 3. The van der Waals surface area contributed by atoms with Gasteiger partial charge in [0.25, 0.3) is 0 Å². The van der Waals surface area contributed by atoms with Crippen LogP contribution in [0, 0.1) is 6.92 Å².